The molecule has 0 unspecified atom stereocenters. The normalized spacial score (nSPS) is 21.5. The number of ketones is 2. The number of ether oxygens (including phenoxy) is 1. The summed E-state index contributed by atoms with van der Waals surface area (Å²) in [5.74, 6) is 0.664. The number of carbonyl (C=O) groups is 2. The van der Waals surface area contributed by atoms with Crippen molar-refractivity contribution in [3.05, 3.63) is 35.9 Å². The molecule has 3 atom stereocenters. The lowest BCUT2D eigenvalue weighted by atomic mass is 9.81. The third kappa shape index (κ3) is 7.87. The van der Waals surface area contributed by atoms with Crippen molar-refractivity contribution in [2.24, 2.45) is 17.6 Å². The maximum Gasteiger partial charge on any atom is 0.217 e. The van der Waals surface area contributed by atoms with Crippen LogP contribution in [0.4, 0.5) is 0 Å². The molecule has 2 fully saturated rings. The summed E-state index contributed by atoms with van der Waals surface area (Å²) in [7, 11) is 1.96. The van der Waals surface area contributed by atoms with Crippen molar-refractivity contribution in [3.63, 3.8) is 0 Å². The van der Waals surface area contributed by atoms with E-state index in [9.17, 15) is 9.59 Å². The highest BCUT2D eigenvalue weighted by molar-refractivity contribution is 6.13. The van der Waals surface area contributed by atoms with E-state index in [-0.39, 0.29) is 23.2 Å². The maximum absolute atomic E-state index is 13.5. The second kappa shape index (κ2) is 14.3. The molecule has 2 heterocycles. The molecular formula is C29H45N5O3. The van der Waals surface area contributed by atoms with Crippen molar-refractivity contribution in [1.82, 2.24) is 20.2 Å². The summed E-state index contributed by atoms with van der Waals surface area (Å²) < 4.78 is 6.15. The van der Waals surface area contributed by atoms with Gasteiger partial charge in [0.1, 0.15) is 5.78 Å². The molecule has 1 saturated carbocycles. The van der Waals surface area contributed by atoms with Crippen LogP contribution in [0.3, 0.4) is 0 Å². The Kier molecular flexibility index (Phi) is 11.1. The van der Waals surface area contributed by atoms with Crippen LogP contribution in [-0.4, -0.2) is 59.7 Å². The molecule has 0 spiro atoms. The lowest BCUT2D eigenvalue weighted by Gasteiger charge is -2.22. The molecule has 1 aliphatic carbocycles. The number of nitrogens with one attached hydrogen (secondary N) is 1. The van der Waals surface area contributed by atoms with Gasteiger partial charge in [0, 0.05) is 37.1 Å². The van der Waals surface area contributed by atoms with Gasteiger partial charge in [-0.15, -0.1) is 0 Å². The molecule has 2 aliphatic rings. The fourth-order valence-corrected chi connectivity index (χ4v) is 5.23. The Labute approximate surface area is 222 Å². The molecule has 1 aliphatic heterocycles. The second-order valence-electron chi connectivity index (χ2n) is 10.6. The minimum absolute atomic E-state index is 0.0269. The highest BCUT2D eigenvalue weighted by Gasteiger charge is 2.32. The van der Waals surface area contributed by atoms with Gasteiger partial charge in [-0.1, -0.05) is 33.3 Å². The fourth-order valence-electron chi connectivity index (χ4n) is 5.23. The van der Waals surface area contributed by atoms with Gasteiger partial charge in [-0.2, -0.15) is 4.98 Å². The van der Waals surface area contributed by atoms with E-state index in [1.807, 2.05) is 26.2 Å². The number of aromatic nitrogens is 2. The van der Waals surface area contributed by atoms with Gasteiger partial charge >= 0.3 is 0 Å². The lowest BCUT2D eigenvalue weighted by Crippen LogP contribution is -2.29. The molecule has 0 amide bonds. The summed E-state index contributed by atoms with van der Waals surface area (Å²) in [4.78, 5) is 37.7. The minimum atomic E-state index is -0.595. The summed E-state index contributed by atoms with van der Waals surface area (Å²) in [6.45, 7) is 11.3. The van der Waals surface area contributed by atoms with Gasteiger partial charge in [0.25, 0.3) is 0 Å². The van der Waals surface area contributed by atoms with E-state index in [4.69, 9.17) is 15.5 Å². The number of carbonyl (C=O) groups excluding carboxylic acids is 2. The van der Waals surface area contributed by atoms with E-state index in [1.54, 1.807) is 0 Å². The SMILES string of the molecule is C=CN1CC[C@@H](c2cc(OC[C@@H](C)CCCNC)nc(/C(N)=C(\CCC)C(=O)[C@H]3CCCCC3=O)n2)C1. The number of likely N-dealkylation sites (tertiary alicyclic amines) is 1. The lowest BCUT2D eigenvalue weighted by molar-refractivity contribution is -0.132. The largest absolute Gasteiger partial charge is 0.477 e. The quantitative estimate of drug-likeness (QED) is 0.217. The molecule has 1 aromatic rings. The monoisotopic (exact) mass is 511 g/mol. The highest BCUT2D eigenvalue weighted by atomic mass is 16.5. The van der Waals surface area contributed by atoms with E-state index >= 15 is 0 Å². The van der Waals surface area contributed by atoms with Crippen molar-refractivity contribution in [2.45, 2.75) is 77.6 Å². The summed E-state index contributed by atoms with van der Waals surface area (Å²) in [5.41, 5.74) is 8.26. The number of nitrogens with zero attached hydrogens (tertiary/aromatic N) is 3. The molecule has 1 saturated heterocycles. The minimum Gasteiger partial charge on any atom is -0.477 e. The predicted octanol–water partition coefficient (Wildman–Crippen LogP) is 4.22. The van der Waals surface area contributed by atoms with Crippen molar-refractivity contribution < 1.29 is 14.3 Å². The van der Waals surface area contributed by atoms with Crippen LogP contribution in [0.15, 0.2) is 24.4 Å². The molecule has 8 nitrogen and oxygen atoms in total. The van der Waals surface area contributed by atoms with Crippen LogP contribution in [-0.2, 0) is 9.59 Å². The Morgan fingerprint density at radius 3 is 2.84 bits per heavy atom. The molecule has 3 N–H and O–H groups in total. The zero-order valence-electron chi connectivity index (χ0n) is 22.9. The number of hydrogen-bond acceptors (Lipinski definition) is 8. The average molecular weight is 512 g/mol. The topological polar surface area (TPSA) is 110 Å². The van der Waals surface area contributed by atoms with Crippen LogP contribution in [0.1, 0.15) is 89.1 Å². The Morgan fingerprint density at radius 2 is 2.16 bits per heavy atom. The van der Waals surface area contributed by atoms with Gasteiger partial charge in [0.05, 0.1) is 23.9 Å². The standard InChI is InChI=1S/C29H45N5O3/c1-5-10-23(28(36)22-12-7-8-13-25(22)35)27(30)29-32-24(21-14-16-34(6-2)18-21)17-26(33-29)37-19-20(3)11-9-15-31-4/h6,17,20-22,31H,2,5,7-16,18-19,30H2,1,3-4H3/b27-23-/t20-,21+,22-/m0/s1. The van der Waals surface area contributed by atoms with Crippen LogP contribution in [0.5, 0.6) is 5.88 Å². The summed E-state index contributed by atoms with van der Waals surface area (Å²) in [5, 5.41) is 3.18. The zero-order chi connectivity index (χ0) is 26.8. The Morgan fingerprint density at radius 1 is 1.35 bits per heavy atom. The van der Waals surface area contributed by atoms with E-state index < -0.39 is 5.92 Å². The average Bonchev–Trinajstić information content (AvgIpc) is 3.40. The molecule has 204 valence electrons. The van der Waals surface area contributed by atoms with E-state index in [2.05, 4.69) is 28.7 Å². The second-order valence-corrected chi connectivity index (χ2v) is 10.6. The molecular weight excluding hydrogens is 466 g/mol. The first-order valence-corrected chi connectivity index (χ1v) is 14.0. The van der Waals surface area contributed by atoms with E-state index in [0.29, 0.717) is 49.1 Å². The van der Waals surface area contributed by atoms with Gasteiger partial charge in [-0.3, -0.25) is 9.59 Å². The van der Waals surface area contributed by atoms with Gasteiger partial charge in [0.15, 0.2) is 11.6 Å². The van der Waals surface area contributed by atoms with Crippen LogP contribution in [0.25, 0.3) is 5.70 Å². The smallest absolute Gasteiger partial charge is 0.217 e. The summed E-state index contributed by atoms with van der Waals surface area (Å²) in [6.07, 6.45) is 8.98. The molecule has 1 aromatic heterocycles. The highest BCUT2D eigenvalue weighted by Crippen LogP contribution is 2.31. The van der Waals surface area contributed by atoms with Gasteiger partial charge in [-0.05, 0) is 64.2 Å². The van der Waals surface area contributed by atoms with Crippen molar-refractivity contribution in [2.75, 3.05) is 33.3 Å². The third-order valence-corrected chi connectivity index (χ3v) is 7.49. The van der Waals surface area contributed by atoms with Gasteiger partial charge in [0.2, 0.25) is 5.88 Å². The van der Waals surface area contributed by atoms with Crippen molar-refractivity contribution in [1.29, 1.82) is 0 Å². The number of Topliss-reactive ketones (excluding diaryl/α,β-unsaturated/α-hetero) is 2. The summed E-state index contributed by atoms with van der Waals surface area (Å²) in [6, 6.07) is 1.92. The van der Waals surface area contributed by atoms with Crippen molar-refractivity contribution >= 4 is 17.3 Å². The first kappa shape index (κ1) is 28.8. The fraction of sp³-hybridized carbons (Fsp3) is 0.655. The Hall–Kier alpha value is -2.74. The van der Waals surface area contributed by atoms with Crippen LogP contribution >= 0.6 is 0 Å². The number of hydrogen-bond donors (Lipinski definition) is 2. The van der Waals surface area contributed by atoms with Crippen LogP contribution in [0.2, 0.25) is 0 Å². The maximum atomic E-state index is 13.5. The first-order chi connectivity index (χ1) is 17.9. The summed E-state index contributed by atoms with van der Waals surface area (Å²) >= 11 is 0. The molecule has 0 aromatic carbocycles. The molecule has 8 heteroatoms. The number of allylic oxidation sites excluding steroid dienone is 1. The zero-order valence-corrected chi connectivity index (χ0v) is 22.9. The van der Waals surface area contributed by atoms with E-state index in [1.165, 1.54) is 0 Å². The molecule has 0 radical (unpaired) electrons. The number of nitrogens with two attached hydrogens (primary N) is 1. The predicted molar refractivity (Wildman–Crippen MR) is 147 cm³/mol. The Bertz CT molecular complexity index is 976. The number of rotatable bonds is 14. The molecule has 37 heavy (non-hydrogen) atoms. The molecule has 0 bridgehead atoms. The Balaban J connectivity index is 1.92. The van der Waals surface area contributed by atoms with Gasteiger partial charge < -0.3 is 20.7 Å². The first-order valence-electron chi connectivity index (χ1n) is 14.0. The molecule has 3 rings (SSSR count). The van der Waals surface area contributed by atoms with E-state index in [0.717, 1.165) is 63.9 Å². The third-order valence-electron chi connectivity index (χ3n) is 7.49. The van der Waals surface area contributed by atoms with Crippen molar-refractivity contribution in [3.8, 4) is 5.88 Å². The van der Waals surface area contributed by atoms with Crippen LogP contribution in [0, 0.1) is 11.8 Å². The van der Waals surface area contributed by atoms with Gasteiger partial charge in [-0.25, -0.2) is 4.98 Å². The van der Waals surface area contributed by atoms with Crippen LogP contribution < -0.4 is 15.8 Å².